The average Bonchev–Trinajstić information content (AvgIpc) is 2.87. The second kappa shape index (κ2) is 6.61. The number of nitrogens with one attached hydrogen (secondary N) is 1. The molecule has 1 aliphatic heterocycles. The first-order valence-electron chi connectivity index (χ1n) is 7.07. The third-order valence-corrected chi connectivity index (χ3v) is 3.66. The zero-order valence-electron chi connectivity index (χ0n) is 12.2. The highest BCUT2D eigenvalue weighted by Crippen LogP contribution is 2.29. The Morgan fingerprint density at radius 1 is 1.55 bits per heavy atom. The van der Waals surface area contributed by atoms with Crippen LogP contribution in [0.4, 0.5) is 11.4 Å². The van der Waals surface area contributed by atoms with E-state index >= 15 is 0 Å². The van der Waals surface area contributed by atoms with Crippen molar-refractivity contribution < 1.29 is 9.53 Å². The lowest BCUT2D eigenvalue weighted by atomic mass is 10.1. The van der Waals surface area contributed by atoms with Crippen LogP contribution >= 0.6 is 0 Å². The molecule has 110 valence electrons. The molecule has 1 saturated heterocycles. The normalized spacial score (nSPS) is 18.3. The Hall–Kier alpha value is -1.75. The molecule has 2 rings (SSSR count). The van der Waals surface area contributed by atoms with Gasteiger partial charge in [-0.05, 0) is 31.5 Å². The summed E-state index contributed by atoms with van der Waals surface area (Å²) < 4.78 is 5.21. The number of carbonyl (C=O) groups excluding carboxylic acids is 1. The van der Waals surface area contributed by atoms with Crippen molar-refractivity contribution in [2.24, 2.45) is 5.92 Å². The quantitative estimate of drug-likeness (QED) is 0.800. The summed E-state index contributed by atoms with van der Waals surface area (Å²) in [7, 11) is 1.73. The van der Waals surface area contributed by atoms with E-state index in [4.69, 9.17) is 10.5 Å². The highest BCUT2D eigenvalue weighted by atomic mass is 16.5. The number of amides is 1. The van der Waals surface area contributed by atoms with Crippen molar-refractivity contribution in [2.75, 3.05) is 44.0 Å². The first-order chi connectivity index (χ1) is 9.65. The molecule has 1 heterocycles. The number of rotatable bonds is 5. The number of methoxy groups -OCH3 is 1. The fraction of sp³-hybridized carbons (Fsp3) is 0.533. The second-order valence-electron chi connectivity index (χ2n) is 5.19. The van der Waals surface area contributed by atoms with E-state index < -0.39 is 0 Å². The molecule has 1 amide bonds. The number of hydrogen-bond acceptors (Lipinski definition) is 4. The van der Waals surface area contributed by atoms with Crippen molar-refractivity contribution in [1.82, 2.24) is 5.32 Å². The molecule has 20 heavy (non-hydrogen) atoms. The molecular formula is C15H23N3O2. The minimum atomic E-state index is -0.0792. The third-order valence-electron chi connectivity index (χ3n) is 3.66. The van der Waals surface area contributed by atoms with Gasteiger partial charge in [0.05, 0.1) is 18.0 Å². The van der Waals surface area contributed by atoms with Crippen LogP contribution in [-0.4, -0.2) is 39.3 Å². The molecule has 1 aromatic carbocycles. The van der Waals surface area contributed by atoms with E-state index in [1.54, 1.807) is 13.2 Å². The molecule has 0 saturated carbocycles. The molecule has 5 heteroatoms. The van der Waals surface area contributed by atoms with Crippen LogP contribution in [0.15, 0.2) is 18.2 Å². The highest BCUT2D eigenvalue weighted by molar-refractivity contribution is 5.96. The van der Waals surface area contributed by atoms with Crippen molar-refractivity contribution in [1.29, 1.82) is 0 Å². The van der Waals surface area contributed by atoms with E-state index in [9.17, 15) is 4.79 Å². The lowest BCUT2D eigenvalue weighted by molar-refractivity contribution is 0.0956. The molecule has 5 nitrogen and oxygen atoms in total. The maximum atomic E-state index is 11.8. The van der Waals surface area contributed by atoms with Gasteiger partial charge in [0, 0.05) is 38.2 Å². The third kappa shape index (κ3) is 3.22. The number of anilines is 2. The van der Waals surface area contributed by atoms with Gasteiger partial charge in [0.2, 0.25) is 0 Å². The van der Waals surface area contributed by atoms with E-state index in [-0.39, 0.29) is 5.91 Å². The topological polar surface area (TPSA) is 67.6 Å². The summed E-state index contributed by atoms with van der Waals surface area (Å²) in [5, 5.41) is 2.78. The van der Waals surface area contributed by atoms with E-state index in [0.29, 0.717) is 23.7 Å². The van der Waals surface area contributed by atoms with Gasteiger partial charge < -0.3 is 20.7 Å². The average molecular weight is 277 g/mol. The number of nitrogens with two attached hydrogens (primary N) is 1. The summed E-state index contributed by atoms with van der Waals surface area (Å²) >= 11 is 0. The molecule has 1 unspecified atom stereocenters. The Kier molecular flexibility index (Phi) is 4.84. The van der Waals surface area contributed by atoms with Gasteiger partial charge in [-0.25, -0.2) is 0 Å². The Morgan fingerprint density at radius 2 is 2.35 bits per heavy atom. The molecule has 0 spiro atoms. The monoisotopic (exact) mass is 277 g/mol. The molecule has 0 aromatic heterocycles. The molecule has 1 aliphatic rings. The Bertz CT molecular complexity index is 476. The van der Waals surface area contributed by atoms with Crippen molar-refractivity contribution in [3.63, 3.8) is 0 Å². The number of ether oxygens (including phenoxy) is 1. The van der Waals surface area contributed by atoms with Gasteiger partial charge in [-0.15, -0.1) is 0 Å². The van der Waals surface area contributed by atoms with E-state index in [0.717, 1.165) is 31.8 Å². The van der Waals surface area contributed by atoms with Gasteiger partial charge in [-0.1, -0.05) is 0 Å². The number of benzene rings is 1. The summed E-state index contributed by atoms with van der Waals surface area (Å²) in [5.41, 5.74) is 8.38. The van der Waals surface area contributed by atoms with E-state index in [1.165, 1.54) is 0 Å². The second-order valence-corrected chi connectivity index (χ2v) is 5.19. The van der Waals surface area contributed by atoms with Gasteiger partial charge in [-0.2, -0.15) is 0 Å². The van der Waals surface area contributed by atoms with Crippen LogP contribution < -0.4 is 16.0 Å². The largest absolute Gasteiger partial charge is 0.397 e. The Balaban J connectivity index is 2.08. The standard InChI is InChI=1S/C15H23N3O2/c1-3-17-15(19)12-4-5-14(13(16)8-12)18-7-6-11(9-18)10-20-2/h4-5,8,11H,3,6-7,9-10,16H2,1-2H3,(H,17,19). The van der Waals surface area contributed by atoms with Crippen LogP contribution in [0.3, 0.4) is 0 Å². The Labute approximate surface area is 120 Å². The maximum Gasteiger partial charge on any atom is 0.251 e. The van der Waals surface area contributed by atoms with Crippen LogP contribution in [0, 0.1) is 5.92 Å². The summed E-state index contributed by atoms with van der Waals surface area (Å²) in [4.78, 5) is 14.0. The summed E-state index contributed by atoms with van der Waals surface area (Å²) in [6.45, 7) is 5.24. The predicted octanol–water partition coefficient (Wildman–Crippen LogP) is 1.49. The Morgan fingerprint density at radius 3 is 3.00 bits per heavy atom. The minimum Gasteiger partial charge on any atom is -0.397 e. The van der Waals surface area contributed by atoms with Crippen LogP contribution in [0.1, 0.15) is 23.7 Å². The highest BCUT2D eigenvalue weighted by Gasteiger charge is 2.24. The number of nitrogen functional groups attached to an aromatic ring is 1. The van der Waals surface area contributed by atoms with Gasteiger partial charge in [0.25, 0.3) is 5.91 Å². The zero-order chi connectivity index (χ0) is 14.5. The summed E-state index contributed by atoms with van der Waals surface area (Å²) in [5.74, 6) is 0.479. The van der Waals surface area contributed by atoms with Crippen LogP contribution in [-0.2, 0) is 4.74 Å². The molecular weight excluding hydrogens is 254 g/mol. The number of hydrogen-bond donors (Lipinski definition) is 2. The number of nitrogens with zero attached hydrogens (tertiary/aromatic N) is 1. The summed E-state index contributed by atoms with van der Waals surface area (Å²) in [6, 6.07) is 5.53. The van der Waals surface area contributed by atoms with Crippen LogP contribution in [0.2, 0.25) is 0 Å². The molecule has 1 aromatic rings. The first-order valence-corrected chi connectivity index (χ1v) is 7.07. The first kappa shape index (κ1) is 14.7. The molecule has 1 fully saturated rings. The van der Waals surface area contributed by atoms with Crippen molar-refractivity contribution in [2.45, 2.75) is 13.3 Å². The van der Waals surface area contributed by atoms with Gasteiger partial charge in [0.1, 0.15) is 0 Å². The van der Waals surface area contributed by atoms with Crippen LogP contribution in [0.25, 0.3) is 0 Å². The zero-order valence-corrected chi connectivity index (χ0v) is 12.2. The number of carbonyl (C=O) groups is 1. The van der Waals surface area contributed by atoms with Crippen molar-refractivity contribution >= 4 is 17.3 Å². The maximum absolute atomic E-state index is 11.8. The van der Waals surface area contributed by atoms with Crippen molar-refractivity contribution in [3.8, 4) is 0 Å². The SMILES string of the molecule is CCNC(=O)c1ccc(N2CCC(COC)C2)c(N)c1. The van der Waals surface area contributed by atoms with Crippen molar-refractivity contribution in [3.05, 3.63) is 23.8 Å². The molecule has 0 bridgehead atoms. The molecule has 3 N–H and O–H groups in total. The smallest absolute Gasteiger partial charge is 0.251 e. The predicted molar refractivity (Wildman–Crippen MR) is 81.1 cm³/mol. The van der Waals surface area contributed by atoms with Crippen LogP contribution in [0.5, 0.6) is 0 Å². The fourth-order valence-electron chi connectivity index (χ4n) is 2.67. The van der Waals surface area contributed by atoms with Gasteiger partial charge >= 0.3 is 0 Å². The van der Waals surface area contributed by atoms with Gasteiger partial charge in [-0.3, -0.25) is 4.79 Å². The van der Waals surface area contributed by atoms with E-state index in [2.05, 4.69) is 10.2 Å². The summed E-state index contributed by atoms with van der Waals surface area (Å²) in [6.07, 6.45) is 1.12. The van der Waals surface area contributed by atoms with E-state index in [1.807, 2.05) is 19.1 Å². The molecule has 1 atom stereocenters. The lowest BCUT2D eigenvalue weighted by Gasteiger charge is -2.21. The molecule has 0 aliphatic carbocycles. The molecule has 0 radical (unpaired) electrons. The lowest BCUT2D eigenvalue weighted by Crippen LogP contribution is -2.24. The van der Waals surface area contributed by atoms with Gasteiger partial charge in [0.15, 0.2) is 0 Å². The minimum absolute atomic E-state index is 0.0792. The fourth-order valence-corrected chi connectivity index (χ4v) is 2.67.